The first-order chi connectivity index (χ1) is 7.79. The third kappa shape index (κ3) is 8.71. The minimum atomic E-state index is -3.31. The van der Waals surface area contributed by atoms with E-state index >= 15 is 0 Å². The first kappa shape index (κ1) is 17.0. The Balaban J connectivity index is 4.24. The summed E-state index contributed by atoms with van der Waals surface area (Å²) in [7, 11) is -3.31. The molecule has 0 bridgehead atoms. The number of aliphatic hydroxyl groups is 2. The van der Waals surface area contributed by atoms with Gasteiger partial charge in [0.2, 0.25) is 0 Å². The van der Waals surface area contributed by atoms with E-state index in [0.29, 0.717) is 0 Å². The number of aliphatic hydroxyl groups excluding tert-OH is 2. The smallest absolute Gasteiger partial charge is 0.356 e. The van der Waals surface area contributed by atoms with Crippen molar-refractivity contribution in [2.45, 2.75) is 46.0 Å². The minimum absolute atomic E-state index is 0.108. The molecule has 2 N–H and O–H groups in total. The van der Waals surface area contributed by atoms with Gasteiger partial charge in [0.15, 0.2) is 0 Å². The fourth-order valence-electron chi connectivity index (χ4n) is 1.08. The molecule has 0 aromatic carbocycles. The second-order valence-corrected chi connectivity index (χ2v) is 6.16. The molecule has 0 rings (SSSR count). The average molecular weight is 270 g/mol. The van der Waals surface area contributed by atoms with Crippen LogP contribution in [-0.4, -0.2) is 48.1 Å². The van der Waals surface area contributed by atoms with Crippen molar-refractivity contribution in [2.24, 2.45) is 0 Å². The highest BCUT2D eigenvalue weighted by Crippen LogP contribution is 2.50. The molecule has 0 aliphatic rings. The van der Waals surface area contributed by atoms with Crippen molar-refractivity contribution in [1.29, 1.82) is 0 Å². The molecule has 0 aromatic rings. The normalized spacial score (nSPS) is 14.6. The number of hydrogen-bond acceptors (Lipinski definition) is 6. The highest BCUT2D eigenvalue weighted by molar-refractivity contribution is 7.53. The molecule has 0 spiro atoms. The van der Waals surface area contributed by atoms with Gasteiger partial charge in [0.25, 0.3) is 0 Å². The quantitative estimate of drug-likeness (QED) is 0.615. The Hall–Kier alpha value is 0.0300. The maximum Gasteiger partial charge on any atom is 0.356 e. The summed E-state index contributed by atoms with van der Waals surface area (Å²) in [6.07, 6.45) is -1.71. The van der Waals surface area contributed by atoms with Crippen molar-refractivity contribution in [1.82, 2.24) is 0 Å². The fraction of sp³-hybridized carbons (Fsp3) is 1.00. The number of hydrogen-bond donors (Lipinski definition) is 2. The van der Waals surface area contributed by atoms with Crippen molar-refractivity contribution < 1.29 is 28.6 Å². The predicted molar refractivity (Wildman–Crippen MR) is 64.0 cm³/mol. The second kappa shape index (κ2) is 8.19. The summed E-state index contributed by atoms with van der Waals surface area (Å²) in [6.45, 7) is 6.49. The summed E-state index contributed by atoms with van der Waals surface area (Å²) in [5.74, 6) is 0. The Bertz CT molecular complexity index is 229. The molecule has 6 nitrogen and oxygen atoms in total. The summed E-state index contributed by atoms with van der Waals surface area (Å²) < 4.78 is 27.7. The van der Waals surface area contributed by atoms with Gasteiger partial charge in [-0.3, -0.25) is 4.57 Å². The Morgan fingerprint density at radius 1 is 1.12 bits per heavy atom. The van der Waals surface area contributed by atoms with E-state index in [1.807, 2.05) is 0 Å². The Morgan fingerprint density at radius 3 is 1.94 bits per heavy atom. The zero-order valence-electron chi connectivity index (χ0n) is 10.8. The van der Waals surface area contributed by atoms with Crippen LogP contribution in [0.25, 0.3) is 0 Å². The molecule has 0 amide bonds. The fourth-order valence-corrected chi connectivity index (χ4v) is 2.87. The summed E-state index contributed by atoms with van der Waals surface area (Å²) >= 11 is 0. The lowest BCUT2D eigenvalue weighted by Crippen LogP contribution is -2.21. The topological polar surface area (TPSA) is 85.2 Å². The van der Waals surface area contributed by atoms with Crippen LogP contribution >= 0.6 is 7.60 Å². The van der Waals surface area contributed by atoms with Crippen LogP contribution in [0.5, 0.6) is 0 Å². The van der Waals surface area contributed by atoms with Crippen molar-refractivity contribution in [3.63, 3.8) is 0 Å². The Morgan fingerprint density at radius 2 is 1.59 bits per heavy atom. The van der Waals surface area contributed by atoms with Gasteiger partial charge in [0.05, 0.1) is 25.4 Å². The van der Waals surface area contributed by atoms with E-state index in [9.17, 15) is 4.57 Å². The van der Waals surface area contributed by atoms with E-state index < -0.39 is 20.3 Å². The van der Waals surface area contributed by atoms with Gasteiger partial charge in [-0.1, -0.05) is 0 Å². The van der Waals surface area contributed by atoms with Crippen LogP contribution in [-0.2, 0) is 18.3 Å². The van der Waals surface area contributed by atoms with Crippen LogP contribution in [0.3, 0.4) is 0 Å². The predicted octanol–water partition coefficient (Wildman–Crippen LogP) is 1.36. The first-order valence-corrected chi connectivity index (χ1v) is 7.34. The van der Waals surface area contributed by atoms with E-state index in [4.69, 9.17) is 24.0 Å². The first-order valence-electron chi connectivity index (χ1n) is 5.61. The molecule has 0 saturated heterocycles. The molecule has 0 radical (unpaired) electrons. The van der Waals surface area contributed by atoms with Crippen LogP contribution < -0.4 is 0 Å². The maximum absolute atomic E-state index is 12.2. The van der Waals surface area contributed by atoms with E-state index in [1.165, 1.54) is 0 Å². The summed E-state index contributed by atoms with van der Waals surface area (Å²) in [5.41, 5.74) is 0. The van der Waals surface area contributed by atoms with Crippen LogP contribution in [0.1, 0.15) is 27.7 Å². The molecule has 0 aliphatic carbocycles. The van der Waals surface area contributed by atoms with E-state index in [1.54, 1.807) is 27.7 Å². The molecule has 17 heavy (non-hydrogen) atoms. The summed E-state index contributed by atoms with van der Waals surface area (Å²) in [6, 6.07) is 0. The largest absolute Gasteiger partial charge is 0.394 e. The third-order valence-corrected chi connectivity index (χ3v) is 3.50. The lowest BCUT2D eigenvalue weighted by atomic mass is 10.4. The molecular formula is C10H23O6P. The molecular weight excluding hydrogens is 247 g/mol. The molecule has 0 heterocycles. The molecule has 0 saturated carbocycles. The molecule has 0 fully saturated rings. The van der Waals surface area contributed by atoms with E-state index in [-0.39, 0.29) is 25.2 Å². The van der Waals surface area contributed by atoms with E-state index in [0.717, 1.165) is 0 Å². The van der Waals surface area contributed by atoms with Crippen LogP contribution in [0.15, 0.2) is 0 Å². The van der Waals surface area contributed by atoms with Gasteiger partial charge in [-0.05, 0) is 27.7 Å². The highest BCUT2D eigenvalue weighted by atomic mass is 31.2. The monoisotopic (exact) mass is 270 g/mol. The van der Waals surface area contributed by atoms with Crippen LogP contribution in [0.4, 0.5) is 0 Å². The molecule has 0 aliphatic heterocycles. The Labute approximate surface area is 102 Å². The second-order valence-electron chi connectivity index (χ2n) is 4.26. The Kier molecular flexibility index (Phi) is 8.20. The molecule has 7 heteroatoms. The van der Waals surface area contributed by atoms with Crippen LogP contribution in [0, 0.1) is 0 Å². The van der Waals surface area contributed by atoms with Crippen molar-refractivity contribution in [3.05, 3.63) is 0 Å². The standard InChI is InChI=1S/C10H23O6P/c1-8(2)15-17(13,16-9(3)4)7-14-6-10(12)5-11/h8-12H,5-7H2,1-4H3. The molecule has 1 unspecified atom stereocenters. The summed E-state index contributed by atoms with van der Waals surface area (Å²) in [4.78, 5) is 0. The average Bonchev–Trinajstić information content (AvgIpc) is 2.14. The van der Waals surface area contributed by atoms with Gasteiger partial charge in [-0.2, -0.15) is 0 Å². The van der Waals surface area contributed by atoms with Crippen molar-refractivity contribution in [3.8, 4) is 0 Å². The third-order valence-electron chi connectivity index (χ3n) is 1.51. The maximum atomic E-state index is 12.2. The minimum Gasteiger partial charge on any atom is -0.394 e. The highest BCUT2D eigenvalue weighted by Gasteiger charge is 2.28. The van der Waals surface area contributed by atoms with Gasteiger partial charge < -0.3 is 24.0 Å². The van der Waals surface area contributed by atoms with Gasteiger partial charge in [-0.25, -0.2) is 0 Å². The van der Waals surface area contributed by atoms with Gasteiger partial charge in [-0.15, -0.1) is 0 Å². The van der Waals surface area contributed by atoms with Gasteiger partial charge in [0, 0.05) is 0 Å². The van der Waals surface area contributed by atoms with E-state index in [2.05, 4.69) is 0 Å². The zero-order valence-corrected chi connectivity index (χ0v) is 11.7. The SMILES string of the molecule is CC(C)OP(=O)(COCC(O)CO)OC(C)C. The van der Waals surface area contributed by atoms with Gasteiger partial charge in [0.1, 0.15) is 12.5 Å². The van der Waals surface area contributed by atoms with Gasteiger partial charge >= 0.3 is 7.60 Å². The van der Waals surface area contributed by atoms with Crippen LogP contribution in [0.2, 0.25) is 0 Å². The zero-order chi connectivity index (χ0) is 13.5. The van der Waals surface area contributed by atoms with Crippen molar-refractivity contribution >= 4 is 7.60 Å². The summed E-state index contributed by atoms with van der Waals surface area (Å²) in [5, 5.41) is 17.7. The molecule has 0 aromatic heterocycles. The molecule has 1 atom stereocenters. The number of ether oxygens (including phenoxy) is 1. The van der Waals surface area contributed by atoms with Crippen molar-refractivity contribution in [2.75, 3.05) is 19.6 Å². The molecule has 104 valence electrons. The lowest BCUT2D eigenvalue weighted by molar-refractivity contribution is 0.0110. The lowest BCUT2D eigenvalue weighted by Gasteiger charge is -2.22. The number of rotatable bonds is 9.